The Morgan fingerprint density at radius 2 is 2.17 bits per heavy atom. The summed E-state index contributed by atoms with van der Waals surface area (Å²) in [7, 11) is 0. The molecule has 8 heteroatoms. The van der Waals surface area contributed by atoms with Gasteiger partial charge in [0.1, 0.15) is 18.2 Å². The molecule has 1 aromatic rings. The van der Waals surface area contributed by atoms with Crippen molar-refractivity contribution in [2.24, 2.45) is 0 Å². The van der Waals surface area contributed by atoms with Crippen LogP contribution in [0, 0.1) is 5.82 Å². The Morgan fingerprint density at radius 1 is 1.43 bits per heavy atom. The predicted octanol–water partition coefficient (Wildman–Crippen LogP) is 2.49. The number of amides is 2. The lowest BCUT2D eigenvalue weighted by Gasteiger charge is -2.26. The van der Waals surface area contributed by atoms with Gasteiger partial charge in [0.2, 0.25) is 0 Å². The average molecular weight is 387 g/mol. The molecule has 0 spiro atoms. The lowest BCUT2D eigenvalue weighted by Crippen LogP contribution is -2.50. The fraction of sp³-hybridized carbons (Fsp3) is 0.333. The highest BCUT2D eigenvalue weighted by Crippen LogP contribution is 2.26. The molecule has 2 amide bonds. The minimum absolute atomic E-state index is 0.0594. The van der Waals surface area contributed by atoms with Crippen LogP contribution in [0.1, 0.15) is 13.8 Å². The summed E-state index contributed by atoms with van der Waals surface area (Å²) in [5, 5.41) is 5.14. The highest BCUT2D eigenvalue weighted by Gasteiger charge is 2.30. The summed E-state index contributed by atoms with van der Waals surface area (Å²) in [5.41, 5.74) is 0.612. The third-order valence-corrected chi connectivity index (χ3v) is 3.75. The Balaban J connectivity index is 2.23. The summed E-state index contributed by atoms with van der Waals surface area (Å²) in [6.45, 7) is 3.54. The highest BCUT2D eigenvalue weighted by molar-refractivity contribution is 9.10. The van der Waals surface area contributed by atoms with Crippen LogP contribution in [0.4, 0.5) is 9.18 Å². The van der Waals surface area contributed by atoms with E-state index >= 15 is 0 Å². The summed E-state index contributed by atoms with van der Waals surface area (Å²) in [4.78, 5) is 23.7. The molecule has 0 saturated carbocycles. The Labute approximate surface area is 141 Å². The van der Waals surface area contributed by atoms with E-state index in [1.54, 1.807) is 13.8 Å². The maximum atomic E-state index is 13.1. The van der Waals surface area contributed by atoms with E-state index in [1.165, 1.54) is 18.2 Å². The van der Waals surface area contributed by atoms with Gasteiger partial charge in [-0.1, -0.05) is 0 Å². The fourth-order valence-electron chi connectivity index (χ4n) is 2.14. The molecule has 124 valence electrons. The first-order chi connectivity index (χ1) is 10.9. The maximum Gasteiger partial charge on any atom is 0.338 e. The van der Waals surface area contributed by atoms with Crippen LogP contribution in [-0.4, -0.2) is 31.3 Å². The van der Waals surface area contributed by atoms with Gasteiger partial charge in [0.05, 0.1) is 28.4 Å². The second-order valence-electron chi connectivity index (χ2n) is 4.80. The molecule has 0 fully saturated rings. The van der Waals surface area contributed by atoms with E-state index in [9.17, 15) is 14.0 Å². The van der Waals surface area contributed by atoms with Crippen molar-refractivity contribution in [3.05, 3.63) is 39.8 Å². The number of ether oxygens (including phenoxy) is 2. The van der Waals surface area contributed by atoms with Crippen LogP contribution in [-0.2, 0) is 9.53 Å². The summed E-state index contributed by atoms with van der Waals surface area (Å²) >= 11 is 3.19. The standard InChI is InChI=1S/C15H16BrFN2O4/c1-3-22-14(20)13-8(2)18-15(21)19-11(13)7-23-12-5-4-9(17)6-10(12)16/h4-6,8H,3,7H2,1-2H3,(H2,18,19,21). The van der Waals surface area contributed by atoms with Crippen LogP contribution in [0.3, 0.4) is 0 Å². The minimum Gasteiger partial charge on any atom is -0.486 e. The van der Waals surface area contributed by atoms with Crippen molar-refractivity contribution in [3.8, 4) is 5.75 Å². The Morgan fingerprint density at radius 3 is 2.83 bits per heavy atom. The molecule has 1 aliphatic heterocycles. The Kier molecular flexibility index (Phi) is 5.59. The van der Waals surface area contributed by atoms with E-state index in [1.807, 2.05) is 0 Å². The monoisotopic (exact) mass is 386 g/mol. The van der Waals surface area contributed by atoms with Gasteiger partial charge in [-0.25, -0.2) is 14.0 Å². The highest BCUT2D eigenvalue weighted by atomic mass is 79.9. The van der Waals surface area contributed by atoms with Crippen LogP contribution < -0.4 is 15.4 Å². The van der Waals surface area contributed by atoms with Crippen molar-refractivity contribution < 1.29 is 23.5 Å². The number of rotatable bonds is 5. The normalized spacial score (nSPS) is 17.4. The van der Waals surface area contributed by atoms with Gasteiger partial charge in [-0.15, -0.1) is 0 Å². The molecule has 2 rings (SSSR count). The van der Waals surface area contributed by atoms with E-state index < -0.39 is 23.9 Å². The van der Waals surface area contributed by atoms with E-state index in [2.05, 4.69) is 26.6 Å². The van der Waals surface area contributed by atoms with Crippen molar-refractivity contribution >= 4 is 27.9 Å². The van der Waals surface area contributed by atoms with Crippen molar-refractivity contribution in [2.45, 2.75) is 19.9 Å². The molecule has 1 aromatic carbocycles. The first kappa shape index (κ1) is 17.3. The first-order valence-corrected chi connectivity index (χ1v) is 7.77. The second kappa shape index (κ2) is 7.45. The summed E-state index contributed by atoms with van der Waals surface area (Å²) in [6, 6.07) is 3.04. The molecule has 0 aromatic heterocycles. The molecular weight excluding hydrogens is 371 g/mol. The largest absolute Gasteiger partial charge is 0.486 e. The van der Waals surface area contributed by atoms with Crippen molar-refractivity contribution in [3.63, 3.8) is 0 Å². The van der Waals surface area contributed by atoms with Gasteiger partial charge in [-0.05, 0) is 48.0 Å². The maximum absolute atomic E-state index is 13.1. The number of hydrogen-bond donors (Lipinski definition) is 2. The van der Waals surface area contributed by atoms with Crippen molar-refractivity contribution in [2.75, 3.05) is 13.2 Å². The molecule has 0 radical (unpaired) electrons. The van der Waals surface area contributed by atoms with Gasteiger partial charge in [0, 0.05) is 0 Å². The smallest absolute Gasteiger partial charge is 0.338 e. The summed E-state index contributed by atoms with van der Waals surface area (Å²) in [5.74, 6) is -0.536. The molecule has 1 unspecified atom stereocenters. The number of esters is 1. The van der Waals surface area contributed by atoms with Crippen LogP contribution in [0.2, 0.25) is 0 Å². The quantitative estimate of drug-likeness (QED) is 0.762. The molecule has 0 bridgehead atoms. The average Bonchev–Trinajstić information content (AvgIpc) is 2.45. The number of carbonyl (C=O) groups is 2. The molecule has 1 heterocycles. The number of carbonyl (C=O) groups excluding carboxylic acids is 2. The molecule has 23 heavy (non-hydrogen) atoms. The van der Waals surface area contributed by atoms with Gasteiger partial charge in [-0.3, -0.25) is 0 Å². The lowest BCUT2D eigenvalue weighted by atomic mass is 10.0. The molecule has 2 N–H and O–H groups in total. The zero-order chi connectivity index (χ0) is 17.0. The van der Waals surface area contributed by atoms with Crippen LogP contribution in [0.15, 0.2) is 33.9 Å². The van der Waals surface area contributed by atoms with Gasteiger partial charge in [-0.2, -0.15) is 0 Å². The SMILES string of the molecule is CCOC(=O)C1=C(COc2ccc(F)cc2Br)NC(=O)NC1C. The van der Waals surface area contributed by atoms with Crippen LogP contribution in [0.25, 0.3) is 0 Å². The lowest BCUT2D eigenvalue weighted by molar-refractivity contribution is -0.139. The fourth-order valence-corrected chi connectivity index (χ4v) is 2.60. The van der Waals surface area contributed by atoms with E-state index in [0.29, 0.717) is 21.5 Å². The Hall–Kier alpha value is -2.09. The van der Waals surface area contributed by atoms with E-state index in [4.69, 9.17) is 9.47 Å². The van der Waals surface area contributed by atoms with Gasteiger partial charge in [0.15, 0.2) is 0 Å². The zero-order valence-corrected chi connectivity index (χ0v) is 14.2. The van der Waals surface area contributed by atoms with Gasteiger partial charge < -0.3 is 20.1 Å². The minimum atomic E-state index is -0.524. The first-order valence-electron chi connectivity index (χ1n) is 6.98. The van der Waals surface area contributed by atoms with Gasteiger partial charge >= 0.3 is 12.0 Å². The van der Waals surface area contributed by atoms with E-state index in [-0.39, 0.29) is 13.2 Å². The number of halogens is 2. The van der Waals surface area contributed by atoms with Gasteiger partial charge in [0.25, 0.3) is 0 Å². The van der Waals surface area contributed by atoms with Crippen LogP contribution in [0.5, 0.6) is 5.75 Å². The molecule has 6 nitrogen and oxygen atoms in total. The molecule has 1 aliphatic rings. The topological polar surface area (TPSA) is 76.7 Å². The van der Waals surface area contributed by atoms with Crippen LogP contribution >= 0.6 is 15.9 Å². The van der Waals surface area contributed by atoms with Crippen molar-refractivity contribution in [1.29, 1.82) is 0 Å². The predicted molar refractivity (Wildman–Crippen MR) is 84.4 cm³/mol. The third-order valence-electron chi connectivity index (χ3n) is 3.13. The molecular formula is C15H16BrFN2O4. The molecule has 0 saturated heterocycles. The van der Waals surface area contributed by atoms with Crippen molar-refractivity contribution in [1.82, 2.24) is 10.6 Å². The zero-order valence-electron chi connectivity index (χ0n) is 12.6. The summed E-state index contributed by atoms with van der Waals surface area (Å²) < 4.78 is 24.1. The molecule has 1 atom stereocenters. The number of hydrogen-bond acceptors (Lipinski definition) is 4. The molecule has 0 aliphatic carbocycles. The number of urea groups is 1. The van der Waals surface area contributed by atoms with E-state index in [0.717, 1.165) is 0 Å². The summed E-state index contributed by atoms with van der Waals surface area (Å²) in [6.07, 6.45) is 0. The number of nitrogens with one attached hydrogen (secondary N) is 2. The third kappa shape index (κ3) is 4.22. The second-order valence-corrected chi connectivity index (χ2v) is 5.65. The number of benzene rings is 1. The Bertz CT molecular complexity index is 663.